The molecule has 0 aliphatic heterocycles. The van der Waals surface area contributed by atoms with Crippen LogP contribution in [-0.4, -0.2) is 11.1 Å². The number of hydrogen-bond acceptors (Lipinski definition) is 1. The number of carbonyl (C=O) groups is 1. The average Bonchev–Trinajstić information content (AvgIpc) is 2.40. The maximum absolute atomic E-state index is 10.3. The lowest BCUT2D eigenvalue weighted by atomic mass is 10.3. The summed E-state index contributed by atoms with van der Waals surface area (Å²) in [5.41, 5.74) is 1.82. The van der Waals surface area contributed by atoms with Crippen molar-refractivity contribution >= 4 is 5.97 Å². The smallest absolute Gasteiger partial charge is 0.315 e. The first-order chi connectivity index (χ1) is 4.18. The van der Waals surface area contributed by atoms with E-state index in [-0.39, 0.29) is 5.92 Å². The molecule has 0 saturated carbocycles. The number of hydrogen-bond donors (Lipinski definition) is 1. The fourth-order valence-corrected chi connectivity index (χ4v) is 0.950. The van der Waals surface area contributed by atoms with E-state index < -0.39 is 5.97 Å². The van der Waals surface area contributed by atoms with Crippen LogP contribution in [0.25, 0.3) is 0 Å². The Kier molecular flexibility index (Phi) is 1.16. The van der Waals surface area contributed by atoms with Crippen molar-refractivity contribution in [1.82, 2.24) is 0 Å². The van der Waals surface area contributed by atoms with Gasteiger partial charge in [0.1, 0.15) is 5.92 Å². The van der Waals surface area contributed by atoms with Crippen LogP contribution in [0.1, 0.15) is 6.92 Å². The summed E-state index contributed by atoms with van der Waals surface area (Å²) >= 11 is 0. The monoisotopic (exact) mass is 124 g/mol. The van der Waals surface area contributed by atoms with Gasteiger partial charge in [-0.05, 0) is 12.5 Å². The van der Waals surface area contributed by atoms with Crippen molar-refractivity contribution in [3.63, 3.8) is 0 Å². The van der Waals surface area contributed by atoms with Crippen molar-refractivity contribution in [2.45, 2.75) is 6.92 Å². The summed E-state index contributed by atoms with van der Waals surface area (Å²) in [7, 11) is 0. The second-order valence-corrected chi connectivity index (χ2v) is 2.11. The van der Waals surface area contributed by atoms with Gasteiger partial charge in [0.25, 0.3) is 0 Å². The molecule has 48 valence electrons. The first kappa shape index (κ1) is 6.08. The van der Waals surface area contributed by atoms with Gasteiger partial charge in [0.05, 0.1) is 0 Å². The Morgan fingerprint density at radius 2 is 2.44 bits per heavy atom. The number of rotatable bonds is 2. The molecule has 1 aliphatic rings. The summed E-state index contributed by atoms with van der Waals surface area (Å²) in [6.07, 6.45) is 1.61. The van der Waals surface area contributed by atoms with E-state index >= 15 is 0 Å². The first-order valence-electron chi connectivity index (χ1n) is 2.74. The van der Waals surface area contributed by atoms with E-state index in [9.17, 15) is 4.79 Å². The average molecular weight is 124 g/mol. The van der Waals surface area contributed by atoms with Crippen LogP contribution in [0.15, 0.2) is 23.8 Å². The van der Waals surface area contributed by atoms with E-state index in [0.717, 1.165) is 11.1 Å². The van der Waals surface area contributed by atoms with Gasteiger partial charge in [0.2, 0.25) is 0 Å². The Morgan fingerprint density at radius 3 is 2.56 bits per heavy atom. The molecule has 0 aromatic rings. The first-order valence-corrected chi connectivity index (χ1v) is 2.74. The second kappa shape index (κ2) is 1.72. The maximum Gasteiger partial charge on any atom is 0.315 e. The molecular formula is C7H8O2. The molecule has 2 nitrogen and oxygen atoms in total. The highest BCUT2D eigenvalue weighted by atomic mass is 16.4. The fraction of sp³-hybridized carbons (Fsp3) is 0.286. The number of allylic oxidation sites excluding steroid dienone is 1. The summed E-state index contributed by atoms with van der Waals surface area (Å²) in [5, 5.41) is 8.44. The predicted octanol–water partition coefficient (Wildman–Crippen LogP) is 1.20. The van der Waals surface area contributed by atoms with E-state index in [2.05, 4.69) is 6.58 Å². The zero-order valence-corrected chi connectivity index (χ0v) is 5.22. The van der Waals surface area contributed by atoms with Gasteiger partial charge in [-0.2, -0.15) is 0 Å². The Morgan fingerprint density at radius 1 is 1.89 bits per heavy atom. The van der Waals surface area contributed by atoms with Gasteiger partial charge in [-0.25, -0.2) is 0 Å². The van der Waals surface area contributed by atoms with Crippen LogP contribution in [0, 0.1) is 5.92 Å². The lowest BCUT2D eigenvalue weighted by Crippen LogP contribution is -2.00. The van der Waals surface area contributed by atoms with E-state index in [1.807, 2.05) is 6.92 Å². The van der Waals surface area contributed by atoms with Crippen LogP contribution < -0.4 is 0 Å². The van der Waals surface area contributed by atoms with Crippen LogP contribution in [0.5, 0.6) is 0 Å². The van der Waals surface area contributed by atoms with Gasteiger partial charge in [0, 0.05) is 0 Å². The Bertz CT molecular complexity index is 201. The van der Waals surface area contributed by atoms with Gasteiger partial charge in [-0.1, -0.05) is 18.2 Å². The lowest BCUT2D eigenvalue weighted by molar-refractivity contribution is -0.137. The molecule has 1 rings (SSSR count). The molecule has 1 N–H and O–H groups in total. The largest absolute Gasteiger partial charge is 0.481 e. The Balaban J connectivity index is 2.62. The zero-order valence-electron chi connectivity index (χ0n) is 5.22. The zero-order chi connectivity index (χ0) is 7.02. The number of aliphatic carboxylic acids is 1. The van der Waals surface area contributed by atoms with Crippen molar-refractivity contribution in [2.24, 2.45) is 5.92 Å². The quantitative estimate of drug-likeness (QED) is 0.600. The SMILES string of the molecule is C=CC1=C(C)C1C(=O)O. The van der Waals surface area contributed by atoms with Gasteiger partial charge in [-0.15, -0.1) is 0 Å². The summed E-state index contributed by atoms with van der Waals surface area (Å²) in [5.74, 6) is -1.08. The van der Waals surface area contributed by atoms with Crippen LogP contribution in [0.3, 0.4) is 0 Å². The van der Waals surface area contributed by atoms with Crippen LogP contribution in [0.2, 0.25) is 0 Å². The minimum Gasteiger partial charge on any atom is -0.481 e. The van der Waals surface area contributed by atoms with E-state index in [1.165, 1.54) is 0 Å². The van der Waals surface area contributed by atoms with Crippen molar-refractivity contribution in [3.8, 4) is 0 Å². The van der Waals surface area contributed by atoms with Crippen molar-refractivity contribution in [2.75, 3.05) is 0 Å². The predicted molar refractivity (Wildman–Crippen MR) is 34.0 cm³/mol. The van der Waals surface area contributed by atoms with Crippen LogP contribution in [-0.2, 0) is 4.79 Å². The third-order valence-corrected chi connectivity index (χ3v) is 1.58. The summed E-state index contributed by atoms with van der Waals surface area (Å²) in [4.78, 5) is 10.3. The molecule has 0 bridgehead atoms. The molecule has 0 fully saturated rings. The molecule has 0 amide bonds. The maximum atomic E-state index is 10.3. The van der Waals surface area contributed by atoms with Crippen molar-refractivity contribution < 1.29 is 9.90 Å². The molecular weight excluding hydrogens is 116 g/mol. The molecule has 0 aromatic heterocycles. The Labute approximate surface area is 53.5 Å². The highest BCUT2D eigenvalue weighted by Crippen LogP contribution is 2.39. The van der Waals surface area contributed by atoms with E-state index in [1.54, 1.807) is 6.08 Å². The fourth-order valence-electron chi connectivity index (χ4n) is 0.950. The van der Waals surface area contributed by atoms with Gasteiger partial charge < -0.3 is 5.11 Å². The molecule has 0 heterocycles. The molecule has 0 aromatic carbocycles. The van der Waals surface area contributed by atoms with Crippen LogP contribution >= 0.6 is 0 Å². The van der Waals surface area contributed by atoms with Gasteiger partial charge in [0.15, 0.2) is 0 Å². The highest BCUT2D eigenvalue weighted by Gasteiger charge is 2.36. The van der Waals surface area contributed by atoms with E-state index in [4.69, 9.17) is 5.11 Å². The molecule has 0 radical (unpaired) electrons. The molecule has 0 saturated heterocycles. The molecule has 1 aliphatic carbocycles. The summed E-state index contributed by atoms with van der Waals surface area (Å²) < 4.78 is 0. The minimum absolute atomic E-state index is 0.317. The summed E-state index contributed by atoms with van der Waals surface area (Å²) in [6, 6.07) is 0. The topological polar surface area (TPSA) is 37.3 Å². The van der Waals surface area contributed by atoms with E-state index in [0.29, 0.717) is 0 Å². The normalized spacial score (nSPS) is 23.9. The van der Waals surface area contributed by atoms with Crippen molar-refractivity contribution in [3.05, 3.63) is 23.8 Å². The molecule has 9 heavy (non-hydrogen) atoms. The number of carboxylic acids is 1. The minimum atomic E-state index is -0.762. The highest BCUT2D eigenvalue weighted by molar-refractivity contribution is 5.85. The third-order valence-electron chi connectivity index (χ3n) is 1.58. The standard InChI is InChI=1S/C7H8O2/c1-3-5-4(2)6(5)7(8)9/h3,6H,1H2,2H3,(H,8,9). The third kappa shape index (κ3) is 0.762. The summed E-state index contributed by atoms with van der Waals surface area (Å²) in [6.45, 7) is 5.30. The van der Waals surface area contributed by atoms with Crippen molar-refractivity contribution in [1.29, 1.82) is 0 Å². The second-order valence-electron chi connectivity index (χ2n) is 2.11. The lowest BCUT2D eigenvalue weighted by Gasteiger charge is -1.85. The van der Waals surface area contributed by atoms with Gasteiger partial charge >= 0.3 is 5.97 Å². The number of carboxylic acid groups (broad SMARTS) is 1. The molecule has 1 unspecified atom stereocenters. The van der Waals surface area contributed by atoms with Crippen LogP contribution in [0.4, 0.5) is 0 Å². The molecule has 1 atom stereocenters. The molecule has 0 spiro atoms. The van der Waals surface area contributed by atoms with Gasteiger partial charge in [-0.3, -0.25) is 4.79 Å². The Hall–Kier alpha value is -1.05. The molecule has 2 heteroatoms.